The summed E-state index contributed by atoms with van der Waals surface area (Å²) >= 11 is 12.5. The van der Waals surface area contributed by atoms with Gasteiger partial charge in [-0.15, -0.1) is 0 Å². The fourth-order valence-electron chi connectivity index (χ4n) is 2.38. The van der Waals surface area contributed by atoms with Crippen LogP contribution in [-0.4, -0.2) is 35.2 Å². The maximum absolute atomic E-state index is 11.4. The van der Waals surface area contributed by atoms with Gasteiger partial charge in [-0.1, -0.05) is 23.2 Å². The molecule has 0 N–H and O–H groups in total. The molecule has 0 saturated carbocycles. The minimum Gasteiger partial charge on any atom is -0.246 e. The summed E-state index contributed by atoms with van der Waals surface area (Å²) in [5.41, 5.74) is 1.99. The lowest BCUT2D eigenvalue weighted by molar-refractivity contribution is 0.588. The van der Waals surface area contributed by atoms with Crippen molar-refractivity contribution in [3.63, 3.8) is 0 Å². The number of hydrogen-bond donors (Lipinski definition) is 0. The van der Waals surface area contributed by atoms with Crippen molar-refractivity contribution in [2.45, 2.75) is 13.5 Å². The molecule has 5 nitrogen and oxygen atoms in total. The number of pyridine rings is 1. The van der Waals surface area contributed by atoms with E-state index in [0.29, 0.717) is 26.9 Å². The third kappa shape index (κ3) is 2.78. The molecule has 3 rings (SSSR count). The smallest absolute Gasteiger partial charge is 0.160 e. The summed E-state index contributed by atoms with van der Waals surface area (Å²) in [6.07, 6.45) is 1.20. The maximum atomic E-state index is 11.4. The van der Waals surface area contributed by atoms with Crippen LogP contribution in [0.1, 0.15) is 5.69 Å². The number of nitrogens with zero attached hydrogens (tertiary/aromatic N) is 3. The highest BCUT2D eigenvalue weighted by Crippen LogP contribution is 2.33. The highest BCUT2D eigenvalue weighted by atomic mass is 35.5. The molecule has 0 aliphatic carbocycles. The number of hydrogen-bond acceptors (Lipinski definition) is 4. The Hall–Kier alpha value is -1.37. The second-order valence-corrected chi connectivity index (χ2v) is 8.30. The van der Waals surface area contributed by atoms with Crippen molar-refractivity contribution in [1.82, 2.24) is 14.8 Å². The first-order chi connectivity index (χ1) is 10.3. The van der Waals surface area contributed by atoms with Crippen molar-refractivity contribution in [1.29, 1.82) is 0 Å². The molecule has 2 aromatic heterocycles. The minimum absolute atomic E-state index is 0.00116. The standard InChI is InChI=1S/C14H13Cl2N3O2S/c1-8-12-13(16)10-7-9(15)3-4-11(10)17-14(12)19(18-8)5-6-22(2,20)21/h3-4,7H,5-6H2,1-2H3. The van der Waals surface area contributed by atoms with Crippen molar-refractivity contribution >= 4 is 55.0 Å². The van der Waals surface area contributed by atoms with Gasteiger partial charge in [0.05, 0.1) is 33.9 Å². The molecule has 0 atom stereocenters. The van der Waals surface area contributed by atoms with Gasteiger partial charge in [-0.25, -0.2) is 18.1 Å². The van der Waals surface area contributed by atoms with Gasteiger partial charge in [0.2, 0.25) is 0 Å². The molecule has 1 aromatic carbocycles. The average Bonchev–Trinajstić information content (AvgIpc) is 2.73. The minimum atomic E-state index is -3.08. The summed E-state index contributed by atoms with van der Waals surface area (Å²) in [6, 6.07) is 5.29. The largest absolute Gasteiger partial charge is 0.246 e. The van der Waals surface area contributed by atoms with Crippen LogP contribution in [0, 0.1) is 6.92 Å². The Morgan fingerprint density at radius 2 is 2.00 bits per heavy atom. The molecule has 0 spiro atoms. The molecular weight excluding hydrogens is 345 g/mol. The quantitative estimate of drug-likeness (QED) is 0.721. The van der Waals surface area contributed by atoms with Gasteiger partial charge < -0.3 is 0 Å². The van der Waals surface area contributed by atoms with Crippen molar-refractivity contribution < 1.29 is 8.42 Å². The van der Waals surface area contributed by atoms with Crippen LogP contribution in [-0.2, 0) is 16.4 Å². The molecule has 0 aliphatic rings. The maximum Gasteiger partial charge on any atom is 0.160 e. The highest BCUT2D eigenvalue weighted by molar-refractivity contribution is 7.90. The first-order valence-electron chi connectivity index (χ1n) is 6.56. The summed E-state index contributed by atoms with van der Waals surface area (Å²) in [5.74, 6) is 0.00116. The Morgan fingerprint density at radius 3 is 2.68 bits per heavy atom. The van der Waals surface area contributed by atoms with Gasteiger partial charge in [0.1, 0.15) is 9.84 Å². The van der Waals surface area contributed by atoms with Gasteiger partial charge in [-0.2, -0.15) is 5.10 Å². The Morgan fingerprint density at radius 1 is 1.27 bits per heavy atom. The van der Waals surface area contributed by atoms with Crippen LogP contribution in [0.25, 0.3) is 21.9 Å². The molecule has 2 heterocycles. The molecule has 116 valence electrons. The number of benzene rings is 1. The molecule has 0 radical (unpaired) electrons. The van der Waals surface area contributed by atoms with E-state index in [4.69, 9.17) is 23.2 Å². The predicted molar refractivity (Wildman–Crippen MR) is 89.5 cm³/mol. The fraction of sp³-hybridized carbons (Fsp3) is 0.286. The van der Waals surface area contributed by atoms with Gasteiger partial charge >= 0.3 is 0 Å². The number of rotatable bonds is 3. The topological polar surface area (TPSA) is 64.8 Å². The Bertz CT molecular complexity index is 996. The van der Waals surface area contributed by atoms with Crippen LogP contribution < -0.4 is 0 Å². The van der Waals surface area contributed by atoms with E-state index in [0.717, 1.165) is 10.8 Å². The number of sulfone groups is 1. The van der Waals surface area contributed by atoms with Crippen LogP contribution >= 0.6 is 23.2 Å². The third-order valence-corrected chi connectivity index (χ3v) is 4.97. The monoisotopic (exact) mass is 357 g/mol. The molecule has 0 bridgehead atoms. The molecule has 8 heteroatoms. The van der Waals surface area contributed by atoms with E-state index < -0.39 is 9.84 Å². The van der Waals surface area contributed by atoms with Crippen LogP contribution in [0.3, 0.4) is 0 Å². The van der Waals surface area contributed by atoms with Gasteiger partial charge in [0, 0.05) is 16.7 Å². The first-order valence-corrected chi connectivity index (χ1v) is 9.37. The molecule has 0 fully saturated rings. The number of aromatic nitrogens is 3. The van der Waals surface area contributed by atoms with Gasteiger partial charge in [0.15, 0.2) is 5.65 Å². The zero-order chi connectivity index (χ0) is 16.1. The number of halogens is 2. The molecule has 3 aromatic rings. The number of aryl methyl sites for hydroxylation is 2. The number of fused-ring (bicyclic) bond motifs is 2. The van der Waals surface area contributed by atoms with Crippen molar-refractivity contribution in [2.24, 2.45) is 0 Å². The highest BCUT2D eigenvalue weighted by Gasteiger charge is 2.16. The van der Waals surface area contributed by atoms with Gasteiger partial charge in [-0.05, 0) is 25.1 Å². The van der Waals surface area contributed by atoms with Crippen LogP contribution in [0.4, 0.5) is 0 Å². The first kappa shape index (κ1) is 15.5. The normalized spacial score (nSPS) is 12.4. The Balaban J connectivity index is 2.25. The molecule has 0 aliphatic heterocycles. The lowest BCUT2D eigenvalue weighted by Crippen LogP contribution is -2.12. The summed E-state index contributed by atoms with van der Waals surface area (Å²) in [6.45, 7) is 2.06. The SMILES string of the molecule is Cc1nn(CCS(C)(=O)=O)c2nc3ccc(Cl)cc3c(Cl)c12. The summed E-state index contributed by atoms with van der Waals surface area (Å²) in [7, 11) is -3.08. The van der Waals surface area contributed by atoms with Crippen molar-refractivity contribution in [3.05, 3.63) is 33.9 Å². The fourth-order valence-corrected chi connectivity index (χ4v) is 3.43. The predicted octanol–water partition coefficient (Wildman–Crippen LogP) is 3.24. The Labute approximate surface area is 137 Å². The lowest BCUT2D eigenvalue weighted by Gasteiger charge is -2.05. The second kappa shape index (κ2) is 5.37. The van der Waals surface area contributed by atoms with Crippen molar-refractivity contribution in [2.75, 3.05) is 12.0 Å². The van der Waals surface area contributed by atoms with Gasteiger partial charge in [-0.3, -0.25) is 0 Å². The second-order valence-electron chi connectivity index (χ2n) is 5.22. The van der Waals surface area contributed by atoms with E-state index in [-0.39, 0.29) is 12.3 Å². The Kier molecular flexibility index (Phi) is 3.79. The van der Waals surface area contributed by atoms with E-state index in [1.165, 1.54) is 6.26 Å². The molecular formula is C14H13Cl2N3O2S. The zero-order valence-corrected chi connectivity index (χ0v) is 14.3. The van der Waals surface area contributed by atoms with E-state index >= 15 is 0 Å². The van der Waals surface area contributed by atoms with Crippen LogP contribution in [0.2, 0.25) is 10.0 Å². The average molecular weight is 358 g/mol. The van der Waals surface area contributed by atoms with E-state index in [2.05, 4.69) is 10.1 Å². The third-order valence-electron chi connectivity index (χ3n) is 3.42. The summed E-state index contributed by atoms with van der Waals surface area (Å²) in [4.78, 5) is 4.56. The molecule has 0 saturated heterocycles. The van der Waals surface area contributed by atoms with E-state index in [1.807, 2.05) is 6.92 Å². The van der Waals surface area contributed by atoms with E-state index in [9.17, 15) is 8.42 Å². The lowest BCUT2D eigenvalue weighted by atomic mass is 10.1. The van der Waals surface area contributed by atoms with Crippen LogP contribution in [0.15, 0.2) is 18.2 Å². The van der Waals surface area contributed by atoms with Crippen LogP contribution in [0.5, 0.6) is 0 Å². The molecule has 0 amide bonds. The summed E-state index contributed by atoms with van der Waals surface area (Å²) < 4.78 is 24.3. The van der Waals surface area contributed by atoms with E-state index in [1.54, 1.807) is 22.9 Å². The molecule has 22 heavy (non-hydrogen) atoms. The van der Waals surface area contributed by atoms with Gasteiger partial charge in [0.25, 0.3) is 0 Å². The zero-order valence-electron chi connectivity index (χ0n) is 12.0. The summed E-state index contributed by atoms with van der Waals surface area (Å²) in [5, 5.41) is 6.97. The molecule has 0 unspecified atom stereocenters. The van der Waals surface area contributed by atoms with Crippen molar-refractivity contribution in [3.8, 4) is 0 Å².